The van der Waals surface area contributed by atoms with Gasteiger partial charge in [0.05, 0.1) is 18.8 Å². The molecule has 31 heavy (non-hydrogen) atoms. The fourth-order valence-electron chi connectivity index (χ4n) is 4.18. The fourth-order valence-corrected chi connectivity index (χ4v) is 4.18. The van der Waals surface area contributed by atoms with Crippen LogP contribution in [0.5, 0.6) is 5.75 Å². The Bertz CT molecular complexity index is 1040. The van der Waals surface area contributed by atoms with Gasteiger partial charge in [0.15, 0.2) is 5.65 Å². The third-order valence-electron chi connectivity index (χ3n) is 6.17. The average molecular weight is 422 g/mol. The number of benzene rings is 1. The molecule has 2 N–H and O–H groups in total. The van der Waals surface area contributed by atoms with Gasteiger partial charge in [-0.2, -0.15) is 19.6 Å². The smallest absolute Gasteiger partial charge is 0.231 e. The lowest BCUT2D eigenvalue weighted by Gasteiger charge is -2.38. The van der Waals surface area contributed by atoms with E-state index in [1.54, 1.807) is 0 Å². The molecule has 3 aromatic rings. The normalized spacial score (nSPS) is 18.1. The molecule has 8 nitrogen and oxygen atoms in total. The van der Waals surface area contributed by atoms with Crippen molar-refractivity contribution in [2.24, 2.45) is 0 Å². The highest BCUT2D eigenvalue weighted by molar-refractivity contribution is 5.57. The van der Waals surface area contributed by atoms with Gasteiger partial charge in [-0.05, 0) is 31.2 Å². The molecule has 8 heteroatoms. The first-order chi connectivity index (χ1) is 15.2. The second-order valence-corrected chi connectivity index (χ2v) is 8.71. The molecule has 4 heterocycles. The highest BCUT2D eigenvalue weighted by atomic mass is 16.5. The van der Waals surface area contributed by atoms with E-state index >= 15 is 0 Å². The quantitative estimate of drug-likeness (QED) is 0.658. The minimum absolute atomic E-state index is 0.339. The zero-order valence-electron chi connectivity index (χ0n) is 18.3. The monoisotopic (exact) mass is 421 g/mol. The van der Waals surface area contributed by atoms with Crippen LogP contribution in [-0.2, 0) is 6.54 Å². The minimum atomic E-state index is 0.339. The number of hydrogen-bond acceptors (Lipinski definition) is 7. The SMILES string of the molecule is CC(C)c1cnn2c3nc(nc12)N(C1CNC1)CCCCCOc1ccccc1CN3. The molecule has 0 atom stereocenters. The molecule has 5 rings (SSSR count). The lowest BCUT2D eigenvalue weighted by atomic mass is 10.1. The van der Waals surface area contributed by atoms with Gasteiger partial charge in [-0.25, -0.2) is 0 Å². The van der Waals surface area contributed by atoms with Crippen molar-refractivity contribution in [1.29, 1.82) is 0 Å². The van der Waals surface area contributed by atoms with Crippen molar-refractivity contribution in [1.82, 2.24) is 24.9 Å². The minimum Gasteiger partial charge on any atom is -0.493 e. The Kier molecular flexibility index (Phi) is 5.63. The average Bonchev–Trinajstić information content (AvgIpc) is 3.17. The van der Waals surface area contributed by atoms with E-state index in [0.29, 0.717) is 18.5 Å². The van der Waals surface area contributed by atoms with Gasteiger partial charge in [0.2, 0.25) is 11.9 Å². The molecule has 164 valence electrons. The summed E-state index contributed by atoms with van der Waals surface area (Å²) in [5, 5.41) is 11.5. The molecule has 0 aliphatic carbocycles. The first-order valence-corrected chi connectivity index (χ1v) is 11.4. The van der Waals surface area contributed by atoms with Gasteiger partial charge in [0.25, 0.3) is 0 Å². The summed E-state index contributed by atoms with van der Waals surface area (Å²) in [5.74, 6) is 2.79. The third kappa shape index (κ3) is 4.04. The first kappa shape index (κ1) is 20.1. The van der Waals surface area contributed by atoms with Crippen molar-refractivity contribution in [3.63, 3.8) is 0 Å². The molecule has 0 saturated carbocycles. The predicted molar refractivity (Wildman–Crippen MR) is 122 cm³/mol. The maximum absolute atomic E-state index is 6.10. The predicted octanol–water partition coefficient (Wildman–Crippen LogP) is 3.20. The topological polar surface area (TPSA) is 79.6 Å². The van der Waals surface area contributed by atoms with Crippen LogP contribution in [0.4, 0.5) is 11.9 Å². The number of ether oxygens (including phenoxy) is 1. The zero-order valence-corrected chi connectivity index (χ0v) is 18.3. The summed E-state index contributed by atoms with van der Waals surface area (Å²) in [7, 11) is 0. The first-order valence-electron chi connectivity index (χ1n) is 11.4. The zero-order chi connectivity index (χ0) is 21.2. The van der Waals surface area contributed by atoms with E-state index < -0.39 is 0 Å². The summed E-state index contributed by atoms with van der Waals surface area (Å²) in [6.45, 7) is 8.62. The van der Waals surface area contributed by atoms with E-state index in [0.717, 1.165) is 79.9 Å². The molecule has 2 aliphatic heterocycles. The van der Waals surface area contributed by atoms with Gasteiger partial charge in [0, 0.05) is 37.3 Å². The summed E-state index contributed by atoms with van der Waals surface area (Å²) in [6, 6.07) is 8.65. The van der Waals surface area contributed by atoms with E-state index in [1.165, 1.54) is 0 Å². The van der Waals surface area contributed by atoms with Crippen molar-refractivity contribution in [3.8, 4) is 5.75 Å². The van der Waals surface area contributed by atoms with Gasteiger partial charge in [-0.3, -0.25) is 0 Å². The van der Waals surface area contributed by atoms with Crippen LogP contribution in [0, 0.1) is 0 Å². The molecule has 0 unspecified atom stereocenters. The number of para-hydroxylation sites is 1. The fraction of sp³-hybridized carbons (Fsp3) is 0.522. The Morgan fingerprint density at radius 3 is 2.77 bits per heavy atom. The van der Waals surface area contributed by atoms with Crippen LogP contribution < -0.4 is 20.3 Å². The van der Waals surface area contributed by atoms with E-state index in [4.69, 9.17) is 14.7 Å². The Hall–Kier alpha value is -2.87. The number of hydrogen-bond donors (Lipinski definition) is 2. The lowest BCUT2D eigenvalue weighted by molar-refractivity contribution is 0.301. The summed E-state index contributed by atoms with van der Waals surface area (Å²) in [4.78, 5) is 12.3. The van der Waals surface area contributed by atoms with Crippen LogP contribution >= 0.6 is 0 Å². The standard InChI is InChI=1S/C23H31N7O/c1-16(2)19-15-26-30-21(19)27-23-28-22(30)25-12-17-8-4-5-9-20(17)31-11-7-3-6-10-29(23)18-13-24-14-18/h4-5,8-9,15-16,18,24H,3,6-7,10-14H2,1-2H3,(H,25,27,28). The molecule has 2 aromatic heterocycles. The van der Waals surface area contributed by atoms with Crippen LogP contribution in [0.15, 0.2) is 30.5 Å². The number of nitrogens with zero attached hydrogens (tertiary/aromatic N) is 5. The Morgan fingerprint density at radius 1 is 1.10 bits per heavy atom. The molecule has 1 aromatic carbocycles. The maximum atomic E-state index is 6.10. The summed E-state index contributed by atoms with van der Waals surface area (Å²) < 4.78 is 7.94. The van der Waals surface area contributed by atoms with E-state index in [9.17, 15) is 0 Å². The Balaban J connectivity index is 1.58. The van der Waals surface area contributed by atoms with Crippen LogP contribution in [0.1, 0.15) is 50.2 Å². The van der Waals surface area contributed by atoms with Crippen LogP contribution in [-0.4, -0.2) is 51.9 Å². The van der Waals surface area contributed by atoms with E-state index in [-0.39, 0.29) is 0 Å². The molecule has 1 fully saturated rings. The summed E-state index contributed by atoms with van der Waals surface area (Å²) >= 11 is 0. The van der Waals surface area contributed by atoms with Crippen molar-refractivity contribution < 1.29 is 4.74 Å². The third-order valence-corrected chi connectivity index (χ3v) is 6.17. The van der Waals surface area contributed by atoms with E-state index in [1.807, 2.05) is 28.9 Å². The summed E-state index contributed by atoms with van der Waals surface area (Å²) in [5.41, 5.74) is 3.14. The molecule has 1 saturated heterocycles. The van der Waals surface area contributed by atoms with E-state index in [2.05, 4.69) is 40.5 Å². The van der Waals surface area contributed by atoms with Gasteiger partial charge in [-0.1, -0.05) is 32.0 Å². The molecule has 0 radical (unpaired) electrons. The summed E-state index contributed by atoms with van der Waals surface area (Å²) in [6.07, 6.45) is 5.18. The van der Waals surface area contributed by atoms with Crippen molar-refractivity contribution in [2.75, 3.05) is 36.5 Å². The maximum Gasteiger partial charge on any atom is 0.231 e. The second kappa shape index (κ2) is 8.70. The lowest BCUT2D eigenvalue weighted by Crippen LogP contribution is -2.58. The number of nitrogens with one attached hydrogen (secondary N) is 2. The molecular formula is C23H31N7O. The van der Waals surface area contributed by atoms with Crippen LogP contribution in [0.3, 0.4) is 0 Å². The van der Waals surface area contributed by atoms with Gasteiger partial charge in [-0.15, -0.1) is 0 Å². The molecular weight excluding hydrogens is 390 g/mol. The Labute approximate surface area is 183 Å². The van der Waals surface area contributed by atoms with Crippen molar-refractivity contribution >= 4 is 17.5 Å². The number of rotatable bonds is 2. The number of aromatic nitrogens is 4. The molecule has 2 aliphatic rings. The van der Waals surface area contributed by atoms with Gasteiger partial charge < -0.3 is 20.3 Å². The molecule has 2 bridgehead atoms. The Morgan fingerprint density at radius 2 is 1.97 bits per heavy atom. The number of fused-ring (bicyclic) bond motifs is 5. The largest absolute Gasteiger partial charge is 0.493 e. The highest BCUT2D eigenvalue weighted by Gasteiger charge is 2.28. The molecule has 0 amide bonds. The van der Waals surface area contributed by atoms with Crippen LogP contribution in [0.25, 0.3) is 5.65 Å². The number of anilines is 2. The van der Waals surface area contributed by atoms with Crippen molar-refractivity contribution in [3.05, 3.63) is 41.6 Å². The molecule has 0 spiro atoms. The van der Waals surface area contributed by atoms with Gasteiger partial charge >= 0.3 is 0 Å². The second-order valence-electron chi connectivity index (χ2n) is 8.71. The highest BCUT2D eigenvalue weighted by Crippen LogP contribution is 2.26. The van der Waals surface area contributed by atoms with Gasteiger partial charge in [0.1, 0.15) is 5.75 Å². The van der Waals surface area contributed by atoms with Crippen molar-refractivity contribution in [2.45, 2.75) is 51.6 Å². The van der Waals surface area contributed by atoms with Crippen LogP contribution in [0.2, 0.25) is 0 Å².